The topological polar surface area (TPSA) is 92.5 Å². The summed E-state index contributed by atoms with van der Waals surface area (Å²) in [5.74, 6) is -0.935. The molecule has 1 unspecified atom stereocenters. The lowest BCUT2D eigenvalue weighted by atomic mass is 10.1. The van der Waals surface area contributed by atoms with Crippen molar-refractivity contribution in [3.05, 3.63) is 29.6 Å². The third-order valence-electron chi connectivity index (χ3n) is 3.64. The van der Waals surface area contributed by atoms with Gasteiger partial charge in [0.15, 0.2) is 0 Å². The van der Waals surface area contributed by atoms with Crippen LogP contribution in [0.5, 0.6) is 0 Å². The van der Waals surface area contributed by atoms with E-state index in [2.05, 4.69) is 0 Å². The van der Waals surface area contributed by atoms with Crippen LogP contribution in [0.3, 0.4) is 0 Å². The lowest BCUT2D eigenvalue weighted by molar-refractivity contribution is 0.0787. The van der Waals surface area contributed by atoms with E-state index in [1.807, 2.05) is 4.72 Å². The second-order valence-electron chi connectivity index (χ2n) is 4.99. The first-order valence-electron chi connectivity index (χ1n) is 6.61. The Kier molecular flexibility index (Phi) is 6.30. The highest BCUT2D eigenvalue weighted by molar-refractivity contribution is 7.89. The summed E-state index contributed by atoms with van der Waals surface area (Å²) >= 11 is 0. The summed E-state index contributed by atoms with van der Waals surface area (Å²) in [7, 11) is -2.75. The van der Waals surface area contributed by atoms with E-state index in [1.165, 1.54) is 13.1 Å². The predicted octanol–water partition coefficient (Wildman–Crippen LogP) is 0.576. The maximum absolute atomic E-state index is 13.6. The molecule has 1 fully saturated rings. The molecule has 0 bridgehead atoms. The Morgan fingerprint density at radius 2 is 2.18 bits per heavy atom. The smallest absolute Gasteiger partial charge is 0.253 e. The number of halogens is 2. The number of carbonyl (C=O) groups is 1. The molecule has 0 spiro atoms. The van der Waals surface area contributed by atoms with Crippen molar-refractivity contribution in [2.45, 2.75) is 11.3 Å². The van der Waals surface area contributed by atoms with Crippen molar-refractivity contribution < 1.29 is 17.6 Å². The first-order chi connectivity index (χ1) is 9.89. The highest BCUT2D eigenvalue weighted by atomic mass is 35.5. The van der Waals surface area contributed by atoms with E-state index in [0.29, 0.717) is 19.6 Å². The number of nitrogens with zero attached hydrogens (tertiary/aromatic N) is 1. The molecule has 2 rings (SSSR count). The molecule has 124 valence electrons. The third kappa shape index (κ3) is 3.75. The van der Waals surface area contributed by atoms with Crippen LogP contribution in [0.2, 0.25) is 0 Å². The Hall–Kier alpha value is -1.22. The van der Waals surface area contributed by atoms with Gasteiger partial charge in [-0.2, -0.15) is 0 Å². The van der Waals surface area contributed by atoms with Crippen molar-refractivity contribution in [1.82, 2.24) is 9.62 Å². The van der Waals surface area contributed by atoms with E-state index in [-0.39, 0.29) is 29.8 Å². The normalized spacial score (nSPS) is 18.1. The minimum Gasteiger partial charge on any atom is -0.338 e. The van der Waals surface area contributed by atoms with Crippen LogP contribution in [-0.2, 0) is 10.0 Å². The molecule has 6 nitrogen and oxygen atoms in total. The number of hydrogen-bond donors (Lipinski definition) is 2. The molecule has 0 aliphatic carbocycles. The molecule has 1 aromatic carbocycles. The number of carbonyl (C=O) groups excluding carboxylic acids is 1. The van der Waals surface area contributed by atoms with Gasteiger partial charge < -0.3 is 10.6 Å². The molecular formula is C13H19ClFN3O3S. The van der Waals surface area contributed by atoms with Crippen molar-refractivity contribution in [1.29, 1.82) is 0 Å². The van der Waals surface area contributed by atoms with Gasteiger partial charge in [-0.05, 0) is 44.1 Å². The summed E-state index contributed by atoms with van der Waals surface area (Å²) in [4.78, 5) is 13.4. The maximum atomic E-state index is 13.6. The molecule has 1 saturated heterocycles. The standard InChI is InChI=1S/C13H18FN3O3S.ClH/c1-16-21(19,20)12-6-10(2-3-11(12)14)13(18)17-5-4-9(7-15)8-17;/h2-3,6,9,16H,4-5,7-8,15H2,1H3;1H. The fraction of sp³-hybridized carbons (Fsp3) is 0.462. The molecular weight excluding hydrogens is 333 g/mol. The predicted molar refractivity (Wildman–Crippen MR) is 83.0 cm³/mol. The number of rotatable bonds is 4. The Morgan fingerprint density at radius 1 is 1.50 bits per heavy atom. The molecule has 3 N–H and O–H groups in total. The Balaban J connectivity index is 0.00000242. The number of sulfonamides is 1. The van der Waals surface area contributed by atoms with Crippen LogP contribution in [0.1, 0.15) is 16.8 Å². The van der Waals surface area contributed by atoms with E-state index in [0.717, 1.165) is 18.6 Å². The van der Waals surface area contributed by atoms with E-state index < -0.39 is 20.7 Å². The first kappa shape index (κ1) is 18.8. The van der Waals surface area contributed by atoms with Crippen LogP contribution in [0.25, 0.3) is 0 Å². The number of nitrogens with one attached hydrogen (secondary N) is 1. The minimum atomic E-state index is -3.94. The summed E-state index contributed by atoms with van der Waals surface area (Å²) in [5.41, 5.74) is 5.73. The Labute approximate surface area is 135 Å². The Morgan fingerprint density at radius 3 is 2.73 bits per heavy atom. The van der Waals surface area contributed by atoms with Crippen LogP contribution in [-0.4, -0.2) is 45.9 Å². The third-order valence-corrected chi connectivity index (χ3v) is 5.07. The SMILES string of the molecule is CNS(=O)(=O)c1cc(C(=O)N2CCC(CN)C2)ccc1F.Cl. The van der Waals surface area contributed by atoms with Gasteiger partial charge in [-0.1, -0.05) is 0 Å². The van der Waals surface area contributed by atoms with E-state index in [9.17, 15) is 17.6 Å². The molecule has 0 aromatic heterocycles. The average Bonchev–Trinajstić information content (AvgIpc) is 2.95. The van der Waals surface area contributed by atoms with Gasteiger partial charge in [-0.15, -0.1) is 12.4 Å². The van der Waals surface area contributed by atoms with Crippen molar-refractivity contribution in [2.24, 2.45) is 11.7 Å². The summed E-state index contributed by atoms with van der Waals surface area (Å²) in [6.07, 6.45) is 0.825. The Bertz CT molecular complexity index is 654. The van der Waals surface area contributed by atoms with Crippen molar-refractivity contribution in [2.75, 3.05) is 26.7 Å². The minimum absolute atomic E-state index is 0. The average molecular weight is 352 g/mol. The van der Waals surface area contributed by atoms with Gasteiger partial charge in [0.25, 0.3) is 5.91 Å². The van der Waals surface area contributed by atoms with Gasteiger partial charge in [-0.25, -0.2) is 17.5 Å². The largest absolute Gasteiger partial charge is 0.338 e. The summed E-state index contributed by atoms with van der Waals surface area (Å²) in [6.45, 7) is 1.62. The second kappa shape index (κ2) is 7.36. The number of likely N-dealkylation sites (tertiary alicyclic amines) is 1. The van der Waals surface area contributed by atoms with Crippen LogP contribution in [0.4, 0.5) is 4.39 Å². The lowest BCUT2D eigenvalue weighted by Gasteiger charge is -2.17. The zero-order valence-corrected chi connectivity index (χ0v) is 13.7. The fourth-order valence-electron chi connectivity index (χ4n) is 2.34. The van der Waals surface area contributed by atoms with E-state index in [1.54, 1.807) is 4.90 Å². The quantitative estimate of drug-likeness (QED) is 0.829. The van der Waals surface area contributed by atoms with Crippen LogP contribution in [0.15, 0.2) is 23.1 Å². The van der Waals surface area contributed by atoms with E-state index in [4.69, 9.17) is 5.73 Å². The highest BCUT2D eigenvalue weighted by Crippen LogP contribution is 2.21. The first-order valence-corrected chi connectivity index (χ1v) is 8.09. The molecule has 1 aliphatic rings. The fourth-order valence-corrected chi connectivity index (χ4v) is 3.17. The molecule has 22 heavy (non-hydrogen) atoms. The van der Waals surface area contributed by atoms with Gasteiger partial charge in [0.1, 0.15) is 10.7 Å². The number of nitrogens with two attached hydrogens (primary N) is 1. The van der Waals surface area contributed by atoms with Crippen molar-refractivity contribution in [3.8, 4) is 0 Å². The molecule has 1 heterocycles. The van der Waals surface area contributed by atoms with Crippen LogP contribution < -0.4 is 10.5 Å². The molecule has 9 heteroatoms. The summed E-state index contributed by atoms with van der Waals surface area (Å²) < 4.78 is 39.1. The van der Waals surface area contributed by atoms with Crippen molar-refractivity contribution in [3.63, 3.8) is 0 Å². The second-order valence-corrected chi connectivity index (χ2v) is 6.85. The van der Waals surface area contributed by atoms with Crippen LogP contribution >= 0.6 is 12.4 Å². The number of amides is 1. The number of benzene rings is 1. The van der Waals surface area contributed by atoms with Crippen LogP contribution in [0, 0.1) is 11.7 Å². The zero-order valence-electron chi connectivity index (χ0n) is 12.1. The molecule has 0 radical (unpaired) electrons. The van der Waals surface area contributed by atoms with E-state index >= 15 is 0 Å². The lowest BCUT2D eigenvalue weighted by Crippen LogP contribution is -2.30. The summed E-state index contributed by atoms with van der Waals surface area (Å²) in [5, 5.41) is 0. The monoisotopic (exact) mass is 351 g/mol. The van der Waals surface area contributed by atoms with Gasteiger partial charge >= 0.3 is 0 Å². The number of hydrogen-bond acceptors (Lipinski definition) is 4. The summed E-state index contributed by atoms with van der Waals surface area (Å²) in [6, 6.07) is 3.36. The highest BCUT2D eigenvalue weighted by Gasteiger charge is 2.27. The molecule has 1 atom stereocenters. The maximum Gasteiger partial charge on any atom is 0.253 e. The van der Waals surface area contributed by atoms with Gasteiger partial charge in [0.2, 0.25) is 10.0 Å². The molecule has 0 saturated carbocycles. The zero-order chi connectivity index (χ0) is 15.6. The van der Waals surface area contributed by atoms with Gasteiger partial charge in [0.05, 0.1) is 0 Å². The molecule has 1 aliphatic heterocycles. The van der Waals surface area contributed by atoms with Gasteiger partial charge in [0, 0.05) is 18.7 Å². The van der Waals surface area contributed by atoms with Crippen molar-refractivity contribution >= 4 is 28.3 Å². The van der Waals surface area contributed by atoms with Gasteiger partial charge in [-0.3, -0.25) is 4.79 Å². The molecule has 1 aromatic rings. The molecule has 1 amide bonds.